The summed E-state index contributed by atoms with van der Waals surface area (Å²) in [5.74, 6) is 1.44. The van der Waals surface area contributed by atoms with Crippen molar-refractivity contribution in [1.29, 1.82) is 0 Å². The summed E-state index contributed by atoms with van der Waals surface area (Å²) in [6.07, 6.45) is 6.71. The third-order valence-corrected chi connectivity index (χ3v) is 5.18. The third kappa shape index (κ3) is 2.20. The molecule has 1 saturated carbocycles. The van der Waals surface area contributed by atoms with Crippen LogP contribution in [-0.4, -0.2) is 17.4 Å². The standard InChI is InChI=1S/C19H22N2O/c1-13-6-5-9-15-12-16-10-11-21(18(16)20-17(13)15)19(22)14-7-3-2-4-8-14/h5-6,9,12,14H,2-4,7-8,10-11H2,1H3. The highest BCUT2D eigenvalue weighted by atomic mass is 16.2. The maximum Gasteiger partial charge on any atom is 0.231 e. The van der Waals surface area contributed by atoms with Crippen molar-refractivity contribution in [1.82, 2.24) is 4.98 Å². The Balaban J connectivity index is 1.72. The first-order chi connectivity index (χ1) is 10.7. The van der Waals surface area contributed by atoms with Gasteiger partial charge in [0.15, 0.2) is 0 Å². The molecule has 1 aliphatic heterocycles. The zero-order valence-electron chi connectivity index (χ0n) is 13.1. The molecule has 0 bridgehead atoms. The summed E-state index contributed by atoms with van der Waals surface area (Å²) in [7, 11) is 0. The van der Waals surface area contributed by atoms with Gasteiger partial charge in [0, 0.05) is 17.8 Å². The van der Waals surface area contributed by atoms with E-state index in [0.29, 0.717) is 5.91 Å². The number of hydrogen-bond acceptors (Lipinski definition) is 2. The monoisotopic (exact) mass is 294 g/mol. The lowest BCUT2D eigenvalue weighted by Gasteiger charge is -2.26. The van der Waals surface area contributed by atoms with Crippen LogP contribution in [0.15, 0.2) is 24.3 Å². The van der Waals surface area contributed by atoms with Crippen molar-refractivity contribution < 1.29 is 4.79 Å². The van der Waals surface area contributed by atoms with Gasteiger partial charge in [-0.3, -0.25) is 9.69 Å². The summed E-state index contributed by atoms with van der Waals surface area (Å²) < 4.78 is 0. The van der Waals surface area contributed by atoms with Crippen LogP contribution in [0.5, 0.6) is 0 Å². The minimum absolute atomic E-state index is 0.217. The van der Waals surface area contributed by atoms with Crippen molar-refractivity contribution in [2.24, 2.45) is 5.92 Å². The zero-order chi connectivity index (χ0) is 15.1. The Morgan fingerprint density at radius 1 is 1.23 bits per heavy atom. The molecular weight excluding hydrogens is 272 g/mol. The average Bonchev–Trinajstić information content (AvgIpc) is 2.96. The average molecular weight is 294 g/mol. The summed E-state index contributed by atoms with van der Waals surface area (Å²) in [4.78, 5) is 19.7. The van der Waals surface area contributed by atoms with Crippen LogP contribution in [0.25, 0.3) is 10.9 Å². The van der Waals surface area contributed by atoms with Crippen LogP contribution in [-0.2, 0) is 11.2 Å². The van der Waals surface area contributed by atoms with Crippen molar-refractivity contribution >= 4 is 22.6 Å². The molecule has 2 aliphatic rings. The minimum atomic E-state index is 0.217. The molecule has 1 aromatic carbocycles. The molecular formula is C19H22N2O. The van der Waals surface area contributed by atoms with Crippen molar-refractivity contribution in [2.75, 3.05) is 11.4 Å². The molecule has 4 rings (SSSR count). The molecule has 0 radical (unpaired) electrons. The second-order valence-electron chi connectivity index (χ2n) is 6.69. The van der Waals surface area contributed by atoms with E-state index >= 15 is 0 Å². The van der Waals surface area contributed by atoms with E-state index in [2.05, 4.69) is 31.2 Å². The number of benzene rings is 1. The van der Waals surface area contributed by atoms with Gasteiger partial charge in [0.1, 0.15) is 5.82 Å². The maximum atomic E-state index is 12.9. The number of rotatable bonds is 1. The van der Waals surface area contributed by atoms with Crippen molar-refractivity contribution in [3.05, 3.63) is 35.4 Å². The summed E-state index contributed by atoms with van der Waals surface area (Å²) in [5.41, 5.74) is 3.43. The van der Waals surface area contributed by atoms with Crippen molar-refractivity contribution in [3.63, 3.8) is 0 Å². The Kier molecular flexibility index (Phi) is 3.36. The molecule has 2 heterocycles. The molecule has 0 saturated heterocycles. The summed E-state index contributed by atoms with van der Waals surface area (Å²) in [5, 5.41) is 1.19. The molecule has 1 amide bonds. The van der Waals surface area contributed by atoms with E-state index < -0.39 is 0 Å². The van der Waals surface area contributed by atoms with E-state index in [9.17, 15) is 4.79 Å². The van der Waals surface area contributed by atoms with E-state index in [1.54, 1.807) is 0 Å². The topological polar surface area (TPSA) is 33.2 Å². The van der Waals surface area contributed by atoms with E-state index in [1.165, 1.54) is 35.8 Å². The molecule has 1 aromatic heterocycles. The van der Waals surface area contributed by atoms with Crippen molar-refractivity contribution in [3.8, 4) is 0 Å². The number of aromatic nitrogens is 1. The molecule has 1 fully saturated rings. The van der Waals surface area contributed by atoms with Gasteiger partial charge < -0.3 is 0 Å². The Morgan fingerprint density at radius 2 is 2.05 bits per heavy atom. The summed E-state index contributed by atoms with van der Waals surface area (Å²) in [6, 6.07) is 8.50. The number of aryl methyl sites for hydroxylation is 1. The second-order valence-corrected chi connectivity index (χ2v) is 6.69. The third-order valence-electron chi connectivity index (χ3n) is 5.18. The Morgan fingerprint density at radius 3 is 2.86 bits per heavy atom. The van der Waals surface area contributed by atoms with Gasteiger partial charge in [-0.1, -0.05) is 37.5 Å². The van der Waals surface area contributed by atoms with E-state index in [4.69, 9.17) is 4.98 Å². The SMILES string of the molecule is Cc1cccc2cc3c(nc12)N(C(=O)C1CCCCC1)CC3. The molecule has 2 aromatic rings. The highest BCUT2D eigenvalue weighted by molar-refractivity contribution is 5.98. The highest BCUT2D eigenvalue weighted by Gasteiger charge is 2.32. The first kappa shape index (κ1) is 13.7. The van der Waals surface area contributed by atoms with E-state index in [1.807, 2.05) is 4.90 Å². The number of anilines is 1. The molecule has 114 valence electrons. The van der Waals surface area contributed by atoms with Gasteiger partial charge in [-0.2, -0.15) is 0 Å². The number of hydrogen-bond donors (Lipinski definition) is 0. The Bertz CT molecular complexity index is 732. The maximum absolute atomic E-state index is 12.9. The number of amides is 1. The first-order valence-corrected chi connectivity index (χ1v) is 8.44. The molecule has 3 nitrogen and oxygen atoms in total. The fraction of sp³-hybridized carbons (Fsp3) is 0.474. The van der Waals surface area contributed by atoms with Gasteiger partial charge in [0.05, 0.1) is 5.52 Å². The molecule has 0 atom stereocenters. The molecule has 0 spiro atoms. The van der Waals surface area contributed by atoms with Crippen LogP contribution in [0.2, 0.25) is 0 Å². The number of carbonyl (C=O) groups is 1. The van der Waals surface area contributed by atoms with Gasteiger partial charge in [-0.05, 0) is 43.4 Å². The molecule has 0 unspecified atom stereocenters. The van der Waals surface area contributed by atoms with Crippen LogP contribution in [0.3, 0.4) is 0 Å². The smallest absolute Gasteiger partial charge is 0.231 e. The lowest BCUT2D eigenvalue weighted by Crippen LogP contribution is -2.36. The quantitative estimate of drug-likeness (QED) is 0.796. The molecule has 22 heavy (non-hydrogen) atoms. The van der Waals surface area contributed by atoms with Crippen molar-refractivity contribution in [2.45, 2.75) is 45.4 Å². The summed E-state index contributed by atoms with van der Waals surface area (Å²) in [6.45, 7) is 2.89. The van der Waals surface area contributed by atoms with Gasteiger partial charge in [0.25, 0.3) is 0 Å². The van der Waals surface area contributed by atoms with Gasteiger partial charge in [-0.25, -0.2) is 4.98 Å². The van der Waals surface area contributed by atoms with Crippen LogP contribution in [0, 0.1) is 12.8 Å². The second kappa shape index (κ2) is 5.38. The number of fused-ring (bicyclic) bond motifs is 2. The van der Waals surface area contributed by atoms with Crippen LogP contribution >= 0.6 is 0 Å². The van der Waals surface area contributed by atoms with Crippen LogP contribution in [0.1, 0.15) is 43.2 Å². The lowest BCUT2D eigenvalue weighted by molar-refractivity contribution is -0.123. The number of pyridine rings is 1. The lowest BCUT2D eigenvalue weighted by atomic mass is 9.88. The Labute approximate surface area is 131 Å². The van der Waals surface area contributed by atoms with E-state index in [0.717, 1.165) is 37.1 Å². The molecule has 0 N–H and O–H groups in total. The summed E-state index contributed by atoms with van der Waals surface area (Å²) >= 11 is 0. The zero-order valence-corrected chi connectivity index (χ0v) is 13.1. The minimum Gasteiger partial charge on any atom is -0.296 e. The van der Waals surface area contributed by atoms with E-state index in [-0.39, 0.29) is 5.92 Å². The first-order valence-electron chi connectivity index (χ1n) is 8.44. The van der Waals surface area contributed by atoms with Gasteiger partial charge in [-0.15, -0.1) is 0 Å². The largest absolute Gasteiger partial charge is 0.296 e. The van der Waals surface area contributed by atoms with Gasteiger partial charge >= 0.3 is 0 Å². The van der Waals surface area contributed by atoms with Crippen LogP contribution in [0.4, 0.5) is 5.82 Å². The normalized spacial score (nSPS) is 18.7. The number of nitrogens with zero attached hydrogens (tertiary/aromatic N) is 2. The molecule has 3 heteroatoms. The molecule has 1 aliphatic carbocycles. The fourth-order valence-corrected chi connectivity index (χ4v) is 3.92. The van der Waals surface area contributed by atoms with Crippen LogP contribution < -0.4 is 4.90 Å². The highest BCUT2D eigenvalue weighted by Crippen LogP contribution is 2.34. The predicted octanol–water partition coefficient (Wildman–Crippen LogP) is 4.01. The number of para-hydroxylation sites is 1. The Hall–Kier alpha value is -1.90. The van der Waals surface area contributed by atoms with Gasteiger partial charge in [0.2, 0.25) is 5.91 Å². The fourth-order valence-electron chi connectivity index (χ4n) is 3.92. The predicted molar refractivity (Wildman–Crippen MR) is 89.1 cm³/mol. The number of carbonyl (C=O) groups excluding carboxylic acids is 1.